The number of hydrogen-bond acceptors (Lipinski definition) is 0. The van der Waals surface area contributed by atoms with Crippen LogP contribution in [0.1, 0.15) is 40.5 Å². The first-order valence-corrected chi connectivity index (χ1v) is 5.47. The molecule has 0 spiro atoms. The molecule has 0 unspecified atom stereocenters. The minimum absolute atomic E-state index is 0.786. The lowest BCUT2D eigenvalue weighted by Gasteiger charge is -2.34. The van der Waals surface area contributed by atoms with Gasteiger partial charge in [0.2, 0.25) is 0 Å². The summed E-state index contributed by atoms with van der Waals surface area (Å²) in [5.74, 6) is -16.3. The predicted molar refractivity (Wildman–Crippen MR) is 53.8 cm³/mol. The van der Waals surface area contributed by atoms with Crippen LogP contribution >= 0.6 is 0 Å². The van der Waals surface area contributed by atoms with E-state index in [1.165, 1.54) is 27.7 Å². The molecule has 17 heavy (non-hydrogen) atoms. The van der Waals surface area contributed by atoms with Crippen LogP contribution < -0.4 is 0 Å². The van der Waals surface area contributed by atoms with Crippen LogP contribution in [0.5, 0.6) is 0 Å². The summed E-state index contributed by atoms with van der Waals surface area (Å²) in [6.45, 7) is 5.13. The van der Waals surface area contributed by atoms with Crippen molar-refractivity contribution < 1.29 is 26.3 Å². The van der Waals surface area contributed by atoms with Gasteiger partial charge in [0.15, 0.2) is 0 Å². The second-order valence-corrected chi connectivity index (χ2v) is 5.18. The van der Waals surface area contributed by atoms with Crippen LogP contribution in [0.3, 0.4) is 0 Å². The van der Waals surface area contributed by atoms with E-state index in [9.17, 15) is 26.3 Å². The summed E-state index contributed by atoms with van der Waals surface area (Å²) >= 11 is 0. The molecule has 0 nitrogen and oxygen atoms in total. The van der Waals surface area contributed by atoms with E-state index in [1.54, 1.807) is 0 Å². The van der Waals surface area contributed by atoms with E-state index in [0.29, 0.717) is 0 Å². The maximum Gasteiger partial charge on any atom is 0.371 e. The van der Waals surface area contributed by atoms with E-state index in [0.717, 1.165) is 0 Å². The lowest BCUT2D eigenvalue weighted by atomic mass is 9.91. The summed E-state index contributed by atoms with van der Waals surface area (Å²) in [6, 6.07) is 0. The molecule has 0 saturated carbocycles. The fraction of sp³-hybridized carbons (Fsp3) is 1.00. The number of hydrogen-bond donors (Lipinski definition) is 0. The Morgan fingerprint density at radius 2 is 0.882 bits per heavy atom. The molecule has 0 bridgehead atoms. The Morgan fingerprint density at radius 1 is 0.647 bits per heavy atom. The number of alkyl halides is 6. The fourth-order valence-corrected chi connectivity index (χ4v) is 1.55. The first kappa shape index (κ1) is 16.6. The average Bonchev–Trinajstić information content (AvgIpc) is 1.97. The van der Waals surface area contributed by atoms with Gasteiger partial charge in [-0.05, 0) is 11.8 Å². The molecule has 0 saturated heterocycles. The highest BCUT2D eigenvalue weighted by Gasteiger charge is 2.70. The largest absolute Gasteiger partial charge is 0.371 e. The highest BCUT2D eigenvalue weighted by atomic mass is 19.3. The topological polar surface area (TPSA) is 0 Å². The van der Waals surface area contributed by atoms with Crippen molar-refractivity contribution in [3.05, 3.63) is 0 Å². The highest BCUT2D eigenvalue weighted by Crippen LogP contribution is 2.50. The van der Waals surface area contributed by atoms with Gasteiger partial charge in [-0.3, -0.25) is 0 Å². The summed E-state index contributed by atoms with van der Waals surface area (Å²) in [5, 5.41) is 0. The lowest BCUT2D eigenvalue weighted by Crippen LogP contribution is -2.55. The Hall–Kier alpha value is -0.420. The number of halogens is 6. The van der Waals surface area contributed by atoms with Crippen LogP contribution in [-0.2, 0) is 0 Å². The smallest absolute Gasteiger partial charge is 0.200 e. The molecule has 0 atom stereocenters. The molecule has 104 valence electrons. The molecule has 6 heteroatoms. The van der Waals surface area contributed by atoms with E-state index >= 15 is 0 Å². The van der Waals surface area contributed by atoms with Crippen LogP contribution in [0.15, 0.2) is 0 Å². The third kappa shape index (κ3) is 3.78. The quantitative estimate of drug-likeness (QED) is 0.593. The molecule has 0 N–H and O–H groups in total. The Balaban J connectivity index is 5.09. The molecular weight excluding hydrogens is 246 g/mol. The second kappa shape index (κ2) is 5.06. The van der Waals surface area contributed by atoms with Gasteiger partial charge in [0.05, 0.1) is 0 Å². The molecule has 0 heterocycles. The van der Waals surface area contributed by atoms with Gasteiger partial charge in [0, 0.05) is 12.8 Å². The first-order chi connectivity index (χ1) is 7.33. The Kier molecular flexibility index (Phi) is 4.94. The van der Waals surface area contributed by atoms with Crippen LogP contribution in [0.4, 0.5) is 26.3 Å². The second-order valence-electron chi connectivity index (χ2n) is 5.18. The van der Waals surface area contributed by atoms with Gasteiger partial charge >= 0.3 is 17.8 Å². The molecule has 0 aliphatic heterocycles. The number of rotatable bonds is 6. The highest BCUT2D eigenvalue weighted by molar-refractivity contribution is 4.96. The zero-order valence-electron chi connectivity index (χ0n) is 10.3. The lowest BCUT2D eigenvalue weighted by molar-refractivity contribution is -0.316. The predicted octanol–water partition coefficient (Wildman–Crippen LogP) is 4.98. The SMILES string of the molecule is CC(C)CC(F)(F)C(F)(F)C(F)(F)CC(C)C. The molecule has 0 aliphatic carbocycles. The Morgan fingerprint density at radius 3 is 1.06 bits per heavy atom. The Labute approximate surface area is 97.4 Å². The molecule has 0 aromatic rings. The van der Waals surface area contributed by atoms with Crippen LogP contribution in [0.2, 0.25) is 0 Å². The van der Waals surface area contributed by atoms with E-state index in [4.69, 9.17) is 0 Å². The molecule has 0 radical (unpaired) electrons. The third-order valence-electron chi connectivity index (χ3n) is 2.25. The molecule has 0 aliphatic rings. The van der Waals surface area contributed by atoms with Crippen molar-refractivity contribution in [2.75, 3.05) is 0 Å². The van der Waals surface area contributed by atoms with Crippen molar-refractivity contribution in [2.24, 2.45) is 11.8 Å². The van der Waals surface area contributed by atoms with E-state index in [-0.39, 0.29) is 0 Å². The molecular formula is C11H18F6. The van der Waals surface area contributed by atoms with Crippen LogP contribution in [0, 0.1) is 11.8 Å². The van der Waals surface area contributed by atoms with Crippen molar-refractivity contribution in [3.8, 4) is 0 Å². The maximum absolute atomic E-state index is 13.2. The fourth-order valence-electron chi connectivity index (χ4n) is 1.55. The van der Waals surface area contributed by atoms with Crippen LogP contribution in [-0.4, -0.2) is 17.8 Å². The van der Waals surface area contributed by atoms with E-state index in [2.05, 4.69) is 0 Å². The monoisotopic (exact) mass is 264 g/mol. The standard InChI is InChI=1S/C11H18F6/c1-7(2)5-9(12,13)11(16,17)10(14,15)6-8(3)4/h7-8H,5-6H2,1-4H3. The normalized spacial score (nSPS) is 14.8. The van der Waals surface area contributed by atoms with Crippen molar-refractivity contribution in [3.63, 3.8) is 0 Å². The van der Waals surface area contributed by atoms with Crippen molar-refractivity contribution >= 4 is 0 Å². The third-order valence-corrected chi connectivity index (χ3v) is 2.25. The zero-order valence-corrected chi connectivity index (χ0v) is 10.3. The Bertz CT molecular complexity index is 220. The van der Waals surface area contributed by atoms with Gasteiger partial charge in [-0.2, -0.15) is 26.3 Å². The molecule has 0 amide bonds. The molecule has 0 aromatic carbocycles. The van der Waals surface area contributed by atoms with Gasteiger partial charge in [-0.15, -0.1) is 0 Å². The zero-order chi connectivity index (χ0) is 14.1. The molecule has 0 fully saturated rings. The van der Waals surface area contributed by atoms with E-state index < -0.39 is 42.4 Å². The van der Waals surface area contributed by atoms with Crippen molar-refractivity contribution in [1.29, 1.82) is 0 Å². The summed E-state index contributed by atoms with van der Waals surface area (Å²) in [7, 11) is 0. The van der Waals surface area contributed by atoms with E-state index in [1.807, 2.05) is 0 Å². The van der Waals surface area contributed by atoms with Gasteiger partial charge in [0.1, 0.15) is 0 Å². The van der Waals surface area contributed by atoms with Gasteiger partial charge in [0.25, 0.3) is 0 Å². The molecule has 0 rings (SSSR count). The molecule has 0 aromatic heterocycles. The minimum Gasteiger partial charge on any atom is -0.200 e. The summed E-state index contributed by atoms with van der Waals surface area (Å²) in [5.41, 5.74) is 0. The van der Waals surface area contributed by atoms with Gasteiger partial charge in [-0.25, -0.2) is 0 Å². The van der Waals surface area contributed by atoms with Crippen molar-refractivity contribution in [1.82, 2.24) is 0 Å². The summed E-state index contributed by atoms with van der Waals surface area (Å²) < 4.78 is 79.1. The maximum atomic E-state index is 13.2. The summed E-state index contributed by atoms with van der Waals surface area (Å²) in [4.78, 5) is 0. The average molecular weight is 264 g/mol. The first-order valence-electron chi connectivity index (χ1n) is 5.47. The van der Waals surface area contributed by atoms with Gasteiger partial charge < -0.3 is 0 Å². The van der Waals surface area contributed by atoms with Crippen molar-refractivity contribution in [2.45, 2.75) is 58.3 Å². The minimum atomic E-state index is -5.31. The van der Waals surface area contributed by atoms with Crippen LogP contribution in [0.25, 0.3) is 0 Å². The van der Waals surface area contributed by atoms with Gasteiger partial charge in [-0.1, -0.05) is 27.7 Å². The summed E-state index contributed by atoms with van der Waals surface area (Å²) in [6.07, 6.45) is -2.51.